The van der Waals surface area contributed by atoms with Gasteiger partial charge in [-0.05, 0) is 24.3 Å². The zero-order valence-corrected chi connectivity index (χ0v) is 11.0. The number of imide groups is 1. The summed E-state index contributed by atoms with van der Waals surface area (Å²) in [7, 11) is 1.77. The molecule has 2 amide bonds. The first-order valence-corrected chi connectivity index (χ1v) is 6.29. The summed E-state index contributed by atoms with van der Waals surface area (Å²) >= 11 is 0. The van der Waals surface area contributed by atoms with Gasteiger partial charge in [-0.25, -0.2) is 4.98 Å². The summed E-state index contributed by atoms with van der Waals surface area (Å²) in [5, 5.41) is 2.93. The lowest BCUT2D eigenvalue weighted by molar-refractivity contribution is 0.0640. The van der Waals surface area contributed by atoms with E-state index in [1.54, 1.807) is 37.4 Å². The minimum atomic E-state index is -0.262. The van der Waals surface area contributed by atoms with E-state index in [4.69, 9.17) is 0 Å². The van der Waals surface area contributed by atoms with E-state index in [0.29, 0.717) is 22.6 Å². The number of pyridine rings is 1. The Labute approximate surface area is 116 Å². The Morgan fingerprint density at radius 2 is 1.65 bits per heavy atom. The van der Waals surface area contributed by atoms with Crippen LogP contribution in [-0.4, -0.2) is 28.7 Å². The molecular formula is C15H13N3O2. The van der Waals surface area contributed by atoms with Gasteiger partial charge in [0, 0.05) is 7.05 Å². The van der Waals surface area contributed by atoms with Crippen LogP contribution in [0.2, 0.25) is 0 Å². The molecule has 0 saturated carbocycles. The Balaban J connectivity index is 1.89. The van der Waals surface area contributed by atoms with E-state index in [-0.39, 0.29) is 18.4 Å². The predicted molar refractivity (Wildman–Crippen MR) is 74.4 cm³/mol. The van der Waals surface area contributed by atoms with Crippen LogP contribution in [-0.2, 0) is 6.54 Å². The van der Waals surface area contributed by atoms with Crippen molar-refractivity contribution in [3.05, 3.63) is 59.3 Å². The molecule has 0 saturated heterocycles. The van der Waals surface area contributed by atoms with Crippen LogP contribution < -0.4 is 5.32 Å². The molecule has 1 aromatic heterocycles. The highest BCUT2D eigenvalue weighted by atomic mass is 16.2. The van der Waals surface area contributed by atoms with Gasteiger partial charge >= 0.3 is 0 Å². The first kappa shape index (κ1) is 12.3. The highest BCUT2D eigenvalue weighted by molar-refractivity contribution is 6.21. The molecule has 0 bridgehead atoms. The third-order valence-corrected chi connectivity index (χ3v) is 3.26. The number of carbonyl (C=O) groups is 2. The quantitative estimate of drug-likeness (QED) is 0.863. The summed E-state index contributed by atoms with van der Waals surface area (Å²) in [5.74, 6) is 0.184. The number of anilines is 1. The van der Waals surface area contributed by atoms with Gasteiger partial charge in [-0.15, -0.1) is 0 Å². The van der Waals surface area contributed by atoms with Crippen molar-refractivity contribution in [1.29, 1.82) is 0 Å². The van der Waals surface area contributed by atoms with E-state index in [1.807, 2.05) is 12.1 Å². The number of fused-ring (bicyclic) bond motifs is 1. The van der Waals surface area contributed by atoms with E-state index < -0.39 is 0 Å². The maximum Gasteiger partial charge on any atom is 0.261 e. The predicted octanol–water partition coefficient (Wildman–Crippen LogP) is 1.92. The highest BCUT2D eigenvalue weighted by Crippen LogP contribution is 2.23. The molecule has 0 radical (unpaired) electrons. The van der Waals surface area contributed by atoms with Crippen molar-refractivity contribution >= 4 is 17.6 Å². The van der Waals surface area contributed by atoms with Crippen LogP contribution in [0.5, 0.6) is 0 Å². The van der Waals surface area contributed by atoms with E-state index in [0.717, 1.165) is 0 Å². The summed E-state index contributed by atoms with van der Waals surface area (Å²) < 4.78 is 0. The summed E-state index contributed by atoms with van der Waals surface area (Å²) in [6.07, 6.45) is 0. The number of hydrogen-bond donors (Lipinski definition) is 1. The van der Waals surface area contributed by atoms with E-state index >= 15 is 0 Å². The molecule has 2 heterocycles. The number of nitrogens with one attached hydrogen (secondary N) is 1. The normalized spacial score (nSPS) is 13.6. The number of rotatable bonds is 3. The van der Waals surface area contributed by atoms with E-state index in [2.05, 4.69) is 10.3 Å². The molecule has 5 heteroatoms. The second kappa shape index (κ2) is 4.77. The fourth-order valence-corrected chi connectivity index (χ4v) is 2.25. The fraction of sp³-hybridized carbons (Fsp3) is 0.133. The molecular weight excluding hydrogens is 254 g/mol. The monoisotopic (exact) mass is 267 g/mol. The smallest absolute Gasteiger partial charge is 0.261 e. The molecule has 2 aromatic rings. The first-order valence-electron chi connectivity index (χ1n) is 6.29. The van der Waals surface area contributed by atoms with Gasteiger partial charge in [-0.1, -0.05) is 18.2 Å². The molecule has 0 unspecified atom stereocenters. The van der Waals surface area contributed by atoms with Crippen LogP contribution in [0.15, 0.2) is 42.5 Å². The van der Waals surface area contributed by atoms with Gasteiger partial charge in [0.25, 0.3) is 11.8 Å². The second-order valence-electron chi connectivity index (χ2n) is 4.51. The lowest BCUT2D eigenvalue weighted by atomic mass is 10.1. The number of amides is 2. The lowest BCUT2D eigenvalue weighted by Crippen LogP contribution is -2.29. The van der Waals surface area contributed by atoms with Gasteiger partial charge < -0.3 is 5.32 Å². The van der Waals surface area contributed by atoms with Gasteiger partial charge in [0.2, 0.25) is 0 Å². The van der Waals surface area contributed by atoms with Gasteiger partial charge in [0.1, 0.15) is 5.82 Å². The minimum absolute atomic E-state index is 0.182. The van der Waals surface area contributed by atoms with Crippen molar-refractivity contribution < 1.29 is 9.59 Å². The van der Waals surface area contributed by atoms with Gasteiger partial charge in [0.05, 0.1) is 23.4 Å². The lowest BCUT2D eigenvalue weighted by Gasteiger charge is -2.13. The highest BCUT2D eigenvalue weighted by Gasteiger charge is 2.35. The first-order chi connectivity index (χ1) is 9.70. The largest absolute Gasteiger partial charge is 0.373 e. The average molecular weight is 267 g/mol. The molecule has 1 aliphatic heterocycles. The van der Waals surface area contributed by atoms with E-state index in [9.17, 15) is 9.59 Å². The number of benzene rings is 1. The maximum absolute atomic E-state index is 12.2. The molecule has 0 fully saturated rings. The van der Waals surface area contributed by atoms with Crippen molar-refractivity contribution in [3.63, 3.8) is 0 Å². The van der Waals surface area contributed by atoms with Crippen LogP contribution in [0.1, 0.15) is 26.4 Å². The molecule has 5 nitrogen and oxygen atoms in total. The maximum atomic E-state index is 12.2. The summed E-state index contributed by atoms with van der Waals surface area (Å²) in [4.78, 5) is 30.0. The molecule has 0 aliphatic carbocycles. The Hall–Kier alpha value is -2.69. The van der Waals surface area contributed by atoms with Crippen LogP contribution in [0.25, 0.3) is 0 Å². The second-order valence-corrected chi connectivity index (χ2v) is 4.51. The zero-order valence-electron chi connectivity index (χ0n) is 11.0. The molecule has 100 valence electrons. The topological polar surface area (TPSA) is 62.3 Å². The van der Waals surface area contributed by atoms with Crippen molar-refractivity contribution in [2.45, 2.75) is 6.54 Å². The SMILES string of the molecule is CNc1cccc(CN2C(=O)c3ccccc3C2=O)n1. The van der Waals surface area contributed by atoms with Crippen molar-refractivity contribution in [2.75, 3.05) is 12.4 Å². The number of hydrogen-bond acceptors (Lipinski definition) is 4. The zero-order chi connectivity index (χ0) is 14.1. The molecule has 0 atom stereocenters. The van der Waals surface area contributed by atoms with Gasteiger partial charge in [0.15, 0.2) is 0 Å². The molecule has 0 spiro atoms. The van der Waals surface area contributed by atoms with Crippen molar-refractivity contribution in [3.8, 4) is 0 Å². The van der Waals surface area contributed by atoms with Crippen LogP contribution in [0.3, 0.4) is 0 Å². The average Bonchev–Trinajstić information content (AvgIpc) is 2.73. The fourth-order valence-electron chi connectivity index (χ4n) is 2.25. The summed E-state index contributed by atoms with van der Waals surface area (Å²) in [6.45, 7) is 0.182. The van der Waals surface area contributed by atoms with E-state index in [1.165, 1.54) is 4.90 Å². The molecule has 20 heavy (non-hydrogen) atoms. The molecule has 1 aromatic carbocycles. The minimum Gasteiger partial charge on any atom is -0.373 e. The van der Waals surface area contributed by atoms with Gasteiger partial charge in [-0.2, -0.15) is 0 Å². The Bertz CT molecular complexity index is 662. The number of carbonyl (C=O) groups excluding carboxylic acids is 2. The Morgan fingerprint density at radius 1 is 1.00 bits per heavy atom. The van der Waals surface area contributed by atoms with Crippen molar-refractivity contribution in [1.82, 2.24) is 9.88 Å². The Kier molecular flexibility index (Phi) is 2.95. The summed E-state index contributed by atoms with van der Waals surface area (Å²) in [6, 6.07) is 12.3. The van der Waals surface area contributed by atoms with Crippen LogP contribution in [0, 0.1) is 0 Å². The van der Waals surface area contributed by atoms with Crippen molar-refractivity contribution in [2.24, 2.45) is 0 Å². The number of nitrogens with zero attached hydrogens (tertiary/aromatic N) is 2. The summed E-state index contributed by atoms with van der Waals surface area (Å²) in [5.41, 5.74) is 1.59. The van der Waals surface area contributed by atoms with Crippen LogP contribution >= 0.6 is 0 Å². The molecule has 1 aliphatic rings. The molecule has 1 N–H and O–H groups in total. The molecule has 3 rings (SSSR count). The van der Waals surface area contributed by atoms with Crippen LogP contribution in [0.4, 0.5) is 5.82 Å². The standard InChI is InChI=1S/C15H13N3O2/c1-16-13-8-4-5-10(17-13)9-18-14(19)11-6-2-3-7-12(11)15(18)20/h2-8H,9H2,1H3,(H,16,17). The Morgan fingerprint density at radius 3 is 2.25 bits per heavy atom. The third kappa shape index (κ3) is 1.93. The number of aromatic nitrogens is 1. The third-order valence-electron chi connectivity index (χ3n) is 3.26. The van der Waals surface area contributed by atoms with Gasteiger partial charge in [-0.3, -0.25) is 14.5 Å².